The molecule has 1 heterocycles. The summed E-state index contributed by atoms with van der Waals surface area (Å²) in [6.07, 6.45) is 4.49. The molecule has 1 aliphatic rings. The van der Waals surface area contributed by atoms with Crippen LogP contribution in [0, 0.1) is 5.92 Å². The fourth-order valence-electron chi connectivity index (χ4n) is 3.29. The maximum Gasteiger partial charge on any atom is 0.260 e. The molecule has 0 bridgehead atoms. The summed E-state index contributed by atoms with van der Waals surface area (Å²) in [6, 6.07) is 8.07. The molecule has 2 rings (SSSR count). The number of ether oxygens (including phenoxy) is 1. The van der Waals surface area contributed by atoms with Crippen LogP contribution in [0.15, 0.2) is 24.3 Å². The maximum absolute atomic E-state index is 12.4. The highest BCUT2D eigenvalue weighted by Gasteiger charge is 2.23. The number of nitrogens with one attached hydrogen (secondary N) is 1. The lowest BCUT2D eigenvalue weighted by Gasteiger charge is -2.32. The van der Waals surface area contributed by atoms with Gasteiger partial charge in [0, 0.05) is 13.1 Å². The van der Waals surface area contributed by atoms with Crippen molar-refractivity contribution in [3.8, 4) is 5.75 Å². The van der Waals surface area contributed by atoms with Crippen molar-refractivity contribution in [1.29, 1.82) is 0 Å². The number of hydrogen-bond donors (Lipinski definition) is 1. The number of carbonyl (C=O) groups is 1. The van der Waals surface area contributed by atoms with Crippen LogP contribution in [0.25, 0.3) is 0 Å². The summed E-state index contributed by atoms with van der Waals surface area (Å²) < 4.78 is 5.87. The van der Waals surface area contributed by atoms with Gasteiger partial charge in [0.05, 0.1) is 0 Å². The molecular weight excluding hydrogens is 300 g/mol. The average molecular weight is 332 g/mol. The SMILES string of the molecule is CCC(C)c1ccccc1OCC(=O)N1CCC(CCNC)CC1. The summed E-state index contributed by atoms with van der Waals surface area (Å²) in [6.45, 7) is 7.31. The first-order valence-electron chi connectivity index (χ1n) is 9.29. The van der Waals surface area contributed by atoms with Crippen LogP contribution in [0.3, 0.4) is 0 Å². The summed E-state index contributed by atoms with van der Waals surface area (Å²) in [5.41, 5.74) is 1.19. The third-order valence-electron chi connectivity index (χ3n) is 5.18. The molecule has 1 aliphatic heterocycles. The molecule has 0 radical (unpaired) electrons. The molecule has 1 unspecified atom stereocenters. The molecule has 0 aromatic heterocycles. The fraction of sp³-hybridized carbons (Fsp3) is 0.650. The third-order valence-corrected chi connectivity index (χ3v) is 5.18. The van der Waals surface area contributed by atoms with E-state index in [0.29, 0.717) is 5.92 Å². The average Bonchev–Trinajstić information content (AvgIpc) is 2.64. The number of likely N-dealkylation sites (tertiary alicyclic amines) is 1. The second kappa shape index (κ2) is 9.67. The topological polar surface area (TPSA) is 41.6 Å². The summed E-state index contributed by atoms with van der Waals surface area (Å²) in [5, 5.41) is 3.21. The highest BCUT2D eigenvalue weighted by Crippen LogP contribution is 2.28. The predicted octanol–water partition coefficient (Wildman–Crippen LogP) is 3.43. The largest absolute Gasteiger partial charge is 0.483 e. The van der Waals surface area contributed by atoms with Gasteiger partial charge in [-0.3, -0.25) is 4.79 Å². The highest BCUT2D eigenvalue weighted by atomic mass is 16.5. The van der Waals surface area contributed by atoms with E-state index in [1.807, 2.05) is 30.1 Å². The summed E-state index contributed by atoms with van der Waals surface area (Å²) in [4.78, 5) is 14.4. The molecule has 1 atom stereocenters. The summed E-state index contributed by atoms with van der Waals surface area (Å²) >= 11 is 0. The fourth-order valence-corrected chi connectivity index (χ4v) is 3.29. The van der Waals surface area contributed by atoms with Gasteiger partial charge in [0.1, 0.15) is 5.75 Å². The van der Waals surface area contributed by atoms with E-state index in [4.69, 9.17) is 4.74 Å². The monoisotopic (exact) mass is 332 g/mol. The van der Waals surface area contributed by atoms with Gasteiger partial charge < -0.3 is 15.0 Å². The van der Waals surface area contributed by atoms with E-state index in [0.717, 1.165) is 50.6 Å². The Balaban J connectivity index is 1.82. The molecule has 4 heteroatoms. The van der Waals surface area contributed by atoms with Gasteiger partial charge in [0.15, 0.2) is 6.61 Å². The number of piperidine rings is 1. The van der Waals surface area contributed by atoms with Crippen LogP contribution in [0.5, 0.6) is 5.75 Å². The van der Waals surface area contributed by atoms with Crippen LogP contribution in [-0.4, -0.2) is 44.1 Å². The van der Waals surface area contributed by atoms with E-state index >= 15 is 0 Å². The Morgan fingerprint density at radius 3 is 2.71 bits per heavy atom. The zero-order valence-electron chi connectivity index (χ0n) is 15.4. The smallest absolute Gasteiger partial charge is 0.260 e. The maximum atomic E-state index is 12.4. The van der Waals surface area contributed by atoms with Crippen molar-refractivity contribution in [1.82, 2.24) is 10.2 Å². The number of hydrogen-bond acceptors (Lipinski definition) is 3. The number of rotatable bonds is 8. The van der Waals surface area contributed by atoms with Gasteiger partial charge in [-0.05, 0) is 62.7 Å². The molecule has 0 aliphatic carbocycles. The number of carbonyl (C=O) groups excluding carboxylic acids is 1. The molecular formula is C20H32N2O2. The zero-order chi connectivity index (χ0) is 17.4. The van der Waals surface area contributed by atoms with Crippen LogP contribution < -0.4 is 10.1 Å². The minimum absolute atomic E-state index is 0.112. The molecule has 0 saturated carbocycles. The van der Waals surface area contributed by atoms with Crippen molar-refractivity contribution in [3.63, 3.8) is 0 Å². The molecule has 134 valence electrons. The van der Waals surface area contributed by atoms with E-state index in [-0.39, 0.29) is 12.5 Å². The number of benzene rings is 1. The van der Waals surface area contributed by atoms with Gasteiger partial charge in [-0.1, -0.05) is 32.0 Å². The minimum atomic E-state index is 0.112. The van der Waals surface area contributed by atoms with Gasteiger partial charge in [0.25, 0.3) is 5.91 Å². The molecule has 0 spiro atoms. The molecule has 1 aromatic carbocycles. The molecule has 1 N–H and O–H groups in total. The van der Waals surface area contributed by atoms with Crippen LogP contribution in [0.2, 0.25) is 0 Å². The second-order valence-electron chi connectivity index (χ2n) is 6.85. The molecule has 1 fully saturated rings. The molecule has 24 heavy (non-hydrogen) atoms. The second-order valence-corrected chi connectivity index (χ2v) is 6.85. The van der Waals surface area contributed by atoms with Crippen molar-refractivity contribution < 1.29 is 9.53 Å². The number of para-hydroxylation sites is 1. The standard InChI is InChI=1S/C20H32N2O2/c1-4-16(2)18-7-5-6-8-19(18)24-15-20(23)22-13-10-17(11-14-22)9-12-21-3/h5-8,16-17,21H,4,9-15H2,1-3H3. The lowest BCUT2D eigenvalue weighted by atomic mass is 9.93. The van der Waals surface area contributed by atoms with Crippen molar-refractivity contribution >= 4 is 5.91 Å². The molecule has 1 amide bonds. The van der Waals surface area contributed by atoms with Gasteiger partial charge in [-0.25, -0.2) is 0 Å². The predicted molar refractivity (Wildman–Crippen MR) is 98.5 cm³/mol. The van der Waals surface area contributed by atoms with Crippen molar-refractivity contribution in [2.75, 3.05) is 33.3 Å². The quantitative estimate of drug-likeness (QED) is 0.793. The first-order valence-corrected chi connectivity index (χ1v) is 9.29. The van der Waals surface area contributed by atoms with Crippen LogP contribution in [0.4, 0.5) is 0 Å². The van der Waals surface area contributed by atoms with Crippen LogP contribution in [0.1, 0.15) is 51.0 Å². The van der Waals surface area contributed by atoms with E-state index in [1.165, 1.54) is 12.0 Å². The van der Waals surface area contributed by atoms with Crippen molar-refractivity contribution in [2.24, 2.45) is 5.92 Å². The van der Waals surface area contributed by atoms with Gasteiger partial charge in [0.2, 0.25) is 0 Å². The third kappa shape index (κ3) is 5.23. The number of amides is 1. The first kappa shape index (κ1) is 18.8. The Bertz CT molecular complexity index is 510. The summed E-state index contributed by atoms with van der Waals surface area (Å²) in [7, 11) is 1.99. The Morgan fingerprint density at radius 1 is 1.33 bits per heavy atom. The van der Waals surface area contributed by atoms with E-state index in [9.17, 15) is 4.79 Å². The molecule has 4 nitrogen and oxygen atoms in total. The van der Waals surface area contributed by atoms with Gasteiger partial charge in [-0.2, -0.15) is 0 Å². The van der Waals surface area contributed by atoms with Crippen molar-refractivity contribution in [3.05, 3.63) is 29.8 Å². The Kier molecular flexibility index (Phi) is 7.57. The van der Waals surface area contributed by atoms with Gasteiger partial charge in [-0.15, -0.1) is 0 Å². The normalized spacial score (nSPS) is 16.9. The highest BCUT2D eigenvalue weighted by molar-refractivity contribution is 5.77. The zero-order valence-corrected chi connectivity index (χ0v) is 15.4. The Labute approximate surface area is 146 Å². The lowest BCUT2D eigenvalue weighted by Crippen LogP contribution is -2.41. The minimum Gasteiger partial charge on any atom is -0.483 e. The van der Waals surface area contributed by atoms with Crippen LogP contribution in [-0.2, 0) is 4.79 Å². The van der Waals surface area contributed by atoms with Crippen LogP contribution >= 0.6 is 0 Å². The Morgan fingerprint density at radius 2 is 2.04 bits per heavy atom. The Hall–Kier alpha value is -1.55. The van der Waals surface area contributed by atoms with Crippen molar-refractivity contribution in [2.45, 2.75) is 45.4 Å². The molecule has 1 aromatic rings. The van der Waals surface area contributed by atoms with E-state index in [2.05, 4.69) is 25.2 Å². The van der Waals surface area contributed by atoms with Gasteiger partial charge >= 0.3 is 0 Å². The van der Waals surface area contributed by atoms with E-state index in [1.54, 1.807) is 0 Å². The van der Waals surface area contributed by atoms with E-state index < -0.39 is 0 Å². The number of nitrogens with zero attached hydrogens (tertiary/aromatic N) is 1. The first-order chi connectivity index (χ1) is 11.7. The molecule has 1 saturated heterocycles. The summed E-state index contributed by atoms with van der Waals surface area (Å²) in [5.74, 6) is 2.15. The lowest BCUT2D eigenvalue weighted by molar-refractivity contribution is -0.134.